The second kappa shape index (κ2) is 3.43. The van der Waals surface area contributed by atoms with Crippen LogP contribution in [0.15, 0.2) is 12.7 Å². The molecule has 2 N–H and O–H groups in total. The zero-order valence-corrected chi connectivity index (χ0v) is 8.13. The minimum absolute atomic E-state index is 0.0853. The predicted octanol–water partition coefficient (Wildman–Crippen LogP) is 1.31. The Morgan fingerprint density at radius 2 is 2.38 bits per heavy atom. The van der Waals surface area contributed by atoms with E-state index in [1.54, 1.807) is 0 Å². The Hall–Kier alpha value is -0.340. The van der Waals surface area contributed by atoms with Crippen molar-refractivity contribution in [1.82, 2.24) is 5.32 Å². The first-order valence-corrected chi connectivity index (χ1v) is 5.25. The predicted molar refractivity (Wildman–Crippen MR) is 53.5 cm³/mol. The van der Waals surface area contributed by atoms with Crippen LogP contribution < -0.4 is 5.32 Å². The van der Waals surface area contributed by atoms with Crippen LogP contribution in [0, 0.1) is 11.3 Å². The van der Waals surface area contributed by atoms with Gasteiger partial charge in [0.15, 0.2) is 0 Å². The van der Waals surface area contributed by atoms with Crippen molar-refractivity contribution in [2.45, 2.75) is 31.8 Å². The van der Waals surface area contributed by atoms with Gasteiger partial charge in [0.05, 0.1) is 6.10 Å². The van der Waals surface area contributed by atoms with Gasteiger partial charge in [0.25, 0.3) is 0 Å². The van der Waals surface area contributed by atoms with E-state index in [-0.39, 0.29) is 6.10 Å². The molecule has 0 aromatic carbocycles. The van der Waals surface area contributed by atoms with Gasteiger partial charge in [-0.3, -0.25) is 0 Å². The molecule has 1 aliphatic carbocycles. The summed E-state index contributed by atoms with van der Waals surface area (Å²) >= 11 is 0. The van der Waals surface area contributed by atoms with E-state index in [2.05, 4.69) is 11.9 Å². The standard InChI is InChI=1S/C11H19NO/c1-2-3-9-6-11(7-10(9)13)4-5-12-8-11/h2,9-10,12-13H,1,3-8H2. The van der Waals surface area contributed by atoms with Gasteiger partial charge in [-0.05, 0) is 43.6 Å². The first-order valence-electron chi connectivity index (χ1n) is 5.25. The molecule has 0 bridgehead atoms. The van der Waals surface area contributed by atoms with Crippen molar-refractivity contribution in [2.24, 2.45) is 11.3 Å². The lowest BCUT2D eigenvalue weighted by Crippen LogP contribution is -2.21. The SMILES string of the molecule is C=CCC1CC2(CCNC2)CC1O. The topological polar surface area (TPSA) is 32.3 Å². The van der Waals surface area contributed by atoms with E-state index in [0.717, 1.165) is 25.9 Å². The summed E-state index contributed by atoms with van der Waals surface area (Å²) in [4.78, 5) is 0. The maximum Gasteiger partial charge on any atom is 0.0577 e. The van der Waals surface area contributed by atoms with Gasteiger partial charge < -0.3 is 10.4 Å². The molecule has 1 saturated heterocycles. The molecule has 0 amide bonds. The molecule has 0 aromatic heterocycles. The highest BCUT2D eigenvalue weighted by atomic mass is 16.3. The Morgan fingerprint density at radius 3 is 3.00 bits per heavy atom. The van der Waals surface area contributed by atoms with E-state index in [0.29, 0.717) is 11.3 Å². The fraction of sp³-hybridized carbons (Fsp3) is 0.818. The maximum absolute atomic E-state index is 9.87. The van der Waals surface area contributed by atoms with Crippen LogP contribution in [0.3, 0.4) is 0 Å². The lowest BCUT2D eigenvalue weighted by Gasteiger charge is -2.20. The van der Waals surface area contributed by atoms with Crippen LogP contribution in [0.5, 0.6) is 0 Å². The minimum atomic E-state index is -0.0853. The molecule has 1 heterocycles. The quantitative estimate of drug-likeness (QED) is 0.630. The number of hydrogen-bond acceptors (Lipinski definition) is 2. The molecular weight excluding hydrogens is 162 g/mol. The lowest BCUT2D eigenvalue weighted by atomic mass is 9.84. The van der Waals surface area contributed by atoms with Crippen LogP contribution in [-0.4, -0.2) is 24.3 Å². The molecule has 2 nitrogen and oxygen atoms in total. The summed E-state index contributed by atoms with van der Waals surface area (Å²) in [6.45, 7) is 5.99. The summed E-state index contributed by atoms with van der Waals surface area (Å²) < 4.78 is 0. The lowest BCUT2D eigenvalue weighted by molar-refractivity contribution is 0.128. The summed E-state index contributed by atoms with van der Waals surface area (Å²) in [5, 5.41) is 13.3. The molecular formula is C11H19NO. The number of allylic oxidation sites excluding steroid dienone is 1. The number of hydrogen-bond donors (Lipinski definition) is 2. The normalized spacial score (nSPS) is 44.4. The van der Waals surface area contributed by atoms with Crippen molar-refractivity contribution in [1.29, 1.82) is 0 Å². The molecule has 2 aliphatic rings. The number of rotatable bonds is 2. The fourth-order valence-electron chi connectivity index (χ4n) is 2.98. The van der Waals surface area contributed by atoms with Gasteiger partial charge in [-0.2, -0.15) is 0 Å². The summed E-state index contributed by atoms with van der Waals surface area (Å²) in [6.07, 6.45) is 6.26. The van der Waals surface area contributed by atoms with Crippen LogP contribution >= 0.6 is 0 Å². The zero-order chi connectivity index (χ0) is 9.31. The van der Waals surface area contributed by atoms with E-state index in [1.165, 1.54) is 12.8 Å². The second-order valence-corrected chi connectivity index (χ2v) is 4.69. The van der Waals surface area contributed by atoms with Crippen LogP contribution in [-0.2, 0) is 0 Å². The van der Waals surface area contributed by atoms with Gasteiger partial charge in [0.1, 0.15) is 0 Å². The average Bonchev–Trinajstić information content (AvgIpc) is 2.63. The van der Waals surface area contributed by atoms with Gasteiger partial charge in [0.2, 0.25) is 0 Å². The Balaban J connectivity index is 2.00. The van der Waals surface area contributed by atoms with Crippen LogP contribution in [0.25, 0.3) is 0 Å². The molecule has 13 heavy (non-hydrogen) atoms. The van der Waals surface area contributed by atoms with Crippen molar-refractivity contribution in [2.75, 3.05) is 13.1 Å². The highest BCUT2D eigenvalue weighted by Gasteiger charge is 2.45. The molecule has 1 spiro atoms. The van der Waals surface area contributed by atoms with Gasteiger partial charge in [-0.1, -0.05) is 6.08 Å². The Morgan fingerprint density at radius 1 is 1.54 bits per heavy atom. The zero-order valence-electron chi connectivity index (χ0n) is 8.13. The molecule has 3 unspecified atom stereocenters. The van der Waals surface area contributed by atoms with Gasteiger partial charge in [-0.15, -0.1) is 6.58 Å². The molecule has 1 aliphatic heterocycles. The molecule has 0 radical (unpaired) electrons. The second-order valence-electron chi connectivity index (χ2n) is 4.69. The van der Waals surface area contributed by atoms with Crippen LogP contribution in [0.2, 0.25) is 0 Å². The molecule has 74 valence electrons. The average molecular weight is 181 g/mol. The Kier molecular flexibility index (Phi) is 2.43. The molecule has 2 fully saturated rings. The van der Waals surface area contributed by atoms with Crippen molar-refractivity contribution < 1.29 is 5.11 Å². The third-order valence-electron chi connectivity index (χ3n) is 3.68. The van der Waals surface area contributed by atoms with E-state index in [9.17, 15) is 5.11 Å². The van der Waals surface area contributed by atoms with E-state index < -0.39 is 0 Å². The minimum Gasteiger partial charge on any atom is -0.393 e. The smallest absolute Gasteiger partial charge is 0.0577 e. The van der Waals surface area contributed by atoms with Crippen molar-refractivity contribution in [3.8, 4) is 0 Å². The molecule has 2 rings (SSSR count). The highest BCUT2D eigenvalue weighted by Crippen LogP contribution is 2.47. The third kappa shape index (κ3) is 1.65. The maximum atomic E-state index is 9.87. The summed E-state index contributed by atoms with van der Waals surface area (Å²) in [7, 11) is 0. The van der Waals surface area contributed by atoms with E-state index >= 15 is 0 Å². The van der Waals surface area contributed by atoms with Crippen LogP contribution in [0.1, 0.15) is 25.7 Å². The van der Waals surface area contributed by atoms with Gasteiger partial charge in [0, 0.05) is 6.54 Å². The Bertz CT molecular complexity index is 196. The van der Waals surface area contributed by atoms with Crippen molar-refractivity contribution >= 4 is 0 Å². The van der Waals surface area contributed by atoms with Gasteiger partial charge in [-0.25, -0.2) is 0 Å². The summed E-state index contributed by atoms with van der Waals surface area (Å²) in [5.41, 5.74) is 0.424. The third-order valence-corrected chi connectivity index (χ3v) is 3.68. The number of aliphatic hydroxyl groups excluding tert-OH is 1. The summed E-state index contributed by atoms with van der Waals surface area (Å²) in [5.74, 6) is 0.470. The number of nitrogens with one attached hydrogen (secondary N) is 1. The van der Waals surface area contributed by atoms with E-state index in [4.69, 9.17) is 0 Å². The molecule has 3 atom stereocenters. The first kappa shape index (κ1) is 9.22. The molecule has 0 aromatic rings. The van der Waals surface area contributed by atoms with E-state index in [1.807, 2.05) is 6.08 Å². The highest BCUT2D eigenvalue weighted by molar-refractivity contribution is 5.00. The summed E-state index contributed by atoms with van der Waals surface area (Å²) in [6, 6.07) is 0. The number of aliphatic hydroxyl groups is 1. The van der Waals surface area contributed by atoms with Crippen LogP contribution in [0.4, 0.5) is 0 Å². The molecule has 2 heteroatoms. The van der Waals surface area contributed by atoms with Gasteiger partial charge >= 0.3 is 0 Å². The van der Waals surface area contributed by atoms with Crippen molar-refractivity contribution in [3.05, 3.63) is 12.7 Å². The molecule has 1 saturated carbocycles. The largest absolute Gasteiger partial charge is 0.393 e. The first-order chi connectivity index (χ1) is 6.26. The Labute approximate surface area is 80.0 Å². The monoisotopic (exact) mass is 181 g/mol. The van der Waals surface area contributed by atoms with Crippen molar-refractivity contribution in [3.63, 3.8) is 0 Å². The fourth-order valence-corrected chi connectivity index (χ4v) is 2.98.